The maximum Gasteiger partial charge on any atom is 0.0603 e. The van der Waals surface area contributed by atoms with Crippen LogP contribution in [0.3, 0.4) is 0 Å². The Labute approximate surface area is 70.1 Å². The van der Waals surface area contributed by atoms with Gasteiger partial charge in [0.25, 0.3) is 0 Å². The van der Waals surface area contributed by atoms with E-state index in [-0.39, 0.29) is 0 Å². The predicted molar refractivity (Wildman–Crippen MR) is 47.6 cm³/mol. The van der Waals surface area contributed by atoms with Gasteiger partial charge < -0.3 is 4.74 Å². The van der Waals surface area contributed by atoms with Crippen molar-refractivity contribution >= 4 is 0 Å². The maximum atomic E-state index is 5.70. The molecule has 2 atom stereocenters. The van der Waals surface area contributed by atoms with Gasteiger partial charge in [-0.3, -0.25) is 0 Å². The van der Waals surface area contributed by atoms with Gasteiger partial charge in [-0.05, 0) is 31.1 Å². The van der Waals surface area contributed by atoms with Crippen molar-refractivity contribution < 1.29 is 4.74 Å². The molecule has 1 nitrogen and oxygen atoms in total. The summed E-state index contributed by atoms with van der Waals surface area (Å²) in [5.74, 6) is 1.56. The van der Waals surface area contributed by atoms with Crippen molar-refractivity contribution in [2.75, 3.05) is 6.61 Å². The summed E-state index contributed by atoms with van der Waals surface area (Å²) in [6.45, 7) is 7.84. The van der Waals surface area contributed by atoms with E-state index in [1.165, 1.54) is 19.3 Å². The molecular weight excluding hydrogens is 136 g/mol. The van der Waals surface area contributed by atoms with E-state index < -0.39 is 0 Å². The first kappa shape index (κ1) is 9.05. The Morgan fingerprint density at radius 1 is 1.45 bits per heavy atom. The average Bonchev–Trinajstić information content (AvgIpc) is 1.93. The molecule has 1 heterocycles. The second kappa shape index (κ2) is 4.10. The zero-order chi connectivity index (χ0) is 8.27. The van der Waals surface area contributed by atoms with Crippen LogP contribution in [0, 0.1) is 11.8 Å². The summed E-state index contributed by atoms with van der Waals surface area (Å²) in [5.41, 5.74) is 0. The number of hydrogen-bond acceptors (Lipinski definition) is 1. The van der Waals surface area contributed by atoms with Gasteiger partial charge in [0, 0.05) is 6.61 Å². The van der Waals surface area contributed by atoms with Crippen LogP contribution >= 0.6 is 0 Å². The van der Waals surface area contributed by atoms with Crippen molar-refractivity contribution in [3.63, 3.8) is 0 Å². The fourth-order valence-corrected chi connectivity index (χ4v) is 1.76. The van der Waals surface area contributed by atoms with E-state index in [4.69, 9.17) is 4.74 Å². The van der Waals surface area contributed by atoms with Crippen molar-refractivity contribution in [2.24, 2.45) is 11.8 Å². The number of hydrogen-bond donors (Lipinski definition) is 0. The van der Waals surface area contributed by atoms with E-state index in [0.29, 0.717) is 6.10 Å². The molecule has 0 aromatic heterocycles. The third-order valence-electron chi connectivity index (χ3n) is 2.47. The zero-order valence-corrected chi connectivity index (χ0v) is 7.97. The monoisotopic (exact) mass is 156 g/mol. The molecule has 0 spiro atoms. The maximum absolute atomic E-state index is 5.70. The van der Waals surface area contributed by atoms with Crippen LogP contribution in [0.15, 0.2) is 0 Å². The molecule has 1 heteroatoms. The van der Waals surface area contributed by atoms with E-state index in [1.54, 1.807) is 0 Å². The summed E-state index contributed by atoms with van der Waals surface area (Å²) >= 11 is 0. The minimum absolute atomic E-state index is 0.545. The zero-order valence-electron chi connectivity index (χ0n) is 7.97. The van der Waals surface area contributed by atoms with Gasteiger partial charge in [-0.25, -0.2) is 0 Å². The SMILES string of the molecule is CC(C)CC1OCCCC1C. The van der Waals surface area contributed by atoms with E-state index in [1.807, 2.05) is 0 Å². The third kappa shape index (κ3) is 2.82. The van der Waals surface area contributed by atoms with Crippen LogP contribution < -0.4 is 0 Å². The van der Waals surface area contributed by atoms with Crippen LogP contribution in [0.1, 0.15) is 40.0 Å². The average molecular weight is 156 g/mol. The molecule has 1 aliphatic rings. The summed E-state index contributed by atoms with van der Waals surface area (Å²) in [6, 6.07) is 0. The van der Waals surface area contributed by atoms with Crippen molar-refractivity contribution in [2.45, 2.75) is 46.1 Å². The van der Waals surface area contributed by atoms with Gasteiger partial charge in [-0.1, -0.05) is 20.8 Å². The molecule has 1 aliphatic heterocycles. The van der Waals surface area contributed by atoms with Crippen LogP contribution in [-0.2, 0) is 4.74 Å². The molecule has 1 saturated heterocycles. The van der Waals surface area contributed by atoms with Gasteiger partial charge in [0.05, 0.1) is 6.10 Å². The summed E-state index contributed by atoms with van der Waals surface area (Å²) in [4.78, 5) is 0. The van der Waals surface area contributed by atoms with Crippen molar-refractivity contribution in [1.82, 2.24) is 0 Å². The number of ether oxygens (including phenoxy) is 1. The van der Waals surface area contributed by atoms with Gasteiger partial charge >= 0.3 is 0 Å². The van der Waals surface area contributed by atoms with E-state index in [0.717, 1.165) is 18.4 Å². The molecule has 1 fully saturated rings. The van der Waals surface area contributed by atoms with Crippen LogP contribution in [-0.4, -0.2) is 12.7 Å². The second-order valence-electron chi connectivity index (χ2n) is 4.16. The van der Waals surface area contributed by atoms with Crippen LogP contribution in [0.4, 0.5) is 0 Å². The lowest BCUT2D eigenvalue weighted by atomic mass is 9.90. The van der Waals surface area contributed by atoms with Crippen molar-refractivity contribution in [3.05, 3.63) is 0 Å². The standard InChI is InChI=1S/C10H20O/c1-8(2)7-10-9(3)5-4-6-11-10/h8-10H,4-7H2,1-3H3. The summed E-state index contributed by atoms with van der Waals surface area (Å²) < 4.78 is 5.70. The largest absolute Gasteiger partial charge is 0.378 e. The van der Waals surface area contributed by atoms with E-state index >= 15 is 0 Å². The molecule has 0 bridgehead atoms. The molecule has 11 heavy (non-hydrogen) atoms. The van der Waals surface area contributed by atoms with Crippen LogP contribution in [0.2, 0.25) is 0 Å². The quantitative estimate of drug-likeness (QED) is 0.597. The Morgan fingerprint density at radius 3 is 2.73 bits per heavy atom. The lowest BCUT2D eigenvalue weighted by Gasteiger charge is -2.30. The minimum atomic E-state index is 0.545. The molecular formula is C10H20O. The Kier molecular flexibility index (Phi) is 3.38. The molecule has 0 aromatic carbocycles. The fraction of sp³-hybridized carbons (Fsp3) is 1.00. The van der Waals surface area contributed by atoms with Gasteiger partial charge in [0.1, 0.15) is 0 Å². The summed E-state index contributed by atoms with van der Waals surface area (Å²) in [7, 11) is 0. The molecule has 0 aliphatic carbocycles. The Bertz CT molecular complexity index is 109. The Hall–Kier alpha value is -0.0400. The molecule has 0 radical (unpaired) electrons. The first-order chi connectivity index (χ1) is 5.20. The molecule has 0 amide bonds. The van der Waals surface area contributed by atoms with Crippen molar-refractivity contribution in [1.29, 1.82) is 0 Å². The summed E-state index contributed by atoms with van der Waals surface area (Å²) in [6.07, 6.45) is 4.40. The molecule has 0 aromatic rings. The number of rotatable bonds is 2. The molecule has 0 N–H and O–H groups in total. The topological polar surface area (TPSA) is 9.23 Å². The highest BCUT2D eigenvalue weighted by molar-refractivity contribution is 4.71. The lowest BCUT2D eigenvalue weighted by Crippen LogP contribution is -2.28. The smallest absolute Gasteiger partial charge is 0.0603 e. The minimum Gasteiger partial charge on any atom is -0.378 e. The third-order valence-corrected chi connectivity index (χ3v) is 2.47. The van der Waals surface area contributed by atoms with Crippen molar-refractivity contribution in [3.8, 4) is 0 Å². The predicted octanol–water partition coefficient (Wildman–Crippen LogP) is 2.85. The summed E-state index contributed by atoms with van der Waals surface area (Å²) in [5, 5.41) is 0. The van der Waals surface area contributed by atoms with Gasteiger partial charge in [0.2, 0.25) is 0 Å². The lowest BCUT2D eigenvalue weighted by molar-refractivity contribution is -0.0310. The molecule has 1 rings (SSSR count). The van der Waals surface area contributed by atoms with Gasteiger partial charge in [-0.15, -0.1) is 0 Å². The van der Waals surface area contributed by atoms with E-state index in [9.17, 15) is 0 Å². The van der Waals surface area contributed by atoms with Gasteiger partial charge in [0.15, 0.2) is 0 Å². The highest BCUT2D eigenvalue weighted by atomic mass is 16.5. The highest BCUT2D eigenvalue weighted by Crippen LogP contribution is 2.24. The van der Waals surface area contributed by atoms with Crippen LogP contribution in [0.25, 0.3) is 0 Å². The molecule has 0 saturated carbocycles. The fourth-order valence-electron chi connectivity index (χ4n) is 1.76. The Balaban J connectivity index is 2.29. The highest BCUT2D eigenvalue weighted by Gasteiger charge is 2.22. The first-order valence-electron chi connectivity index (χ1n) is 4.81. The van der Waals surface area contributed by atoms with Crippen LogP contribution in [0.5, 0.6) is 0 Å². The van der Waals surface area contributed by atoms with E-state index in [2.05, 4.69) is 20.8 Å². The van der Waals surface area contributed by atoms with Gasteiger partial charge in [-0.2, -0.15) is 0 Å². The molecule has 66 valence electrons. The second-order valence-corrected chi connectivity index (χ2v) is 4.16. The first-order valence-corrected chi connectivity index (χ1v) is 4.81. The normalized spacial score (nSPS) is 32.7. The Morgan fingerprint density at radius 2 is 2.18 bits per heavy atom. The molecule has 2 unspecified atom stereocenters.